The van der Waals surface area contributed by atoms with E-state index in [0.29, 0.717) is 13.0 Å². The maximum Gasteiger partial charge on any atom is 0.304 e. The molecule has 0 saturated carbocycles. The standard InChI is InChI=1S/C14H22O3/c1-12(2)8-6-9-14(4,17-13(3)15)10-7-11-16-5/h8H,6,9,11H2,1-5H3. The summed E-state index contributed by atoms with van der Waals surface area (Å²) < 4.78 is 10.1. The third kappa shape index (κ3) is 8.53. The Labute approximate surface area is 104 Å². The highest BCUT2D eigenvalue weighted by atomic mass is 16.6. The average molecular weight is 238 g/mol. The zero-order valence-corrected chi connectivity index (χ0v) is 11.4. The number of hydrogen-bond acceptors (Lipinski definition) is 3. The van der Waals surface area contributed by atoms with Gasteiger partial charge in [0, 0.05) is 20.5 Å². The van der Waals surface area contributed by atoms with Gasteiger partial charge in [0.2, 0.25) is 0 Å². The van der Waals surface area contributed by atoms with Crippen LogP contribution in [0.3, 0.4) is 0 Å². The molecule has 0 spiro atoms. The lowest BCUT2D eigenvalue weighted by atomic mass is 9.99. The summed E-state index contributed by atoms with van der Waals surface area (Å²) in [6.07, 6.45) is 3.64. The van der Waals surface area contributed by atoms with Crippen LogP contribution in [0.5, 0.6) is 0 Å². The predicted molar refractivity (Wildman–Crippen MR) is 68.5 cm³/mol. The van der Waals surface area contributed by atoms with Gasteiger partial charge in [-0.1, -0.05) is 23.5 Å². The molecule has 0 aromatic heterocycles. The van der Waals surface area contributed by atoms with Crippen molar-refractivity contribution < 1.29 is 14.3 Å². The minimum absolute atomic E-state index is 0.309. The number of ether oxygens (including phenoxy) is 2. The van der Waals surface area contributed by atoms with E-state index in [0.717, 1.165) is 6.42 Å². The maximum absolute atomic E-state index is 11.1. The van der Waals surface area contributed by atoms with Gasteiger partial charge >= 0.3 is 5.97 Å². The maximum atomic E-state index is 11.1. The summed E-state index contributed by atoms with van der Waals surface area (Å²) >= 11 is 0. The van der Waals surface area contributed by atoms with Gasteiger partial charge in [0.1, 0.15) is 6.61 Å². The van der Waals surface area contributed by atoms with E-state index >= 15 is 0 Å². The molecule has 0 aromatic carbocycles. The first-order valence-electron chi connectivity index (χ1n) is 5.71. The summed E-state index contributed by atoms with van der Waals surface area (Å²) in [5.41, 5.74) is 0.524. The first-order chi connectivity index (χ1) is 7.89. The molecule has 0 rings (SSSR count). The van der Waals surface area contributed by atoms with E-state index in [1.165, 1.54) is 12.5 Å². The number of esters is 1. The van der Waals surface area contributed by atoms with Gasteiger partial charge in [0.05, 0.1) is 0 Å². The monoisotopic (exact) mass is 238 g/mol. The van der Waals surface area contributed by atoms with Crippen LogP contribution in [-0.4, -0.2) is 25.3 Å². The molecular weight excluding hydrogens is 216 g/mol. The Balaban J connectivity index is 4.56. The molecule has 0 aliphatic rings. The molecule has 0 aliphatic heterocycles. The molecule has 0 radical (unpaired) electrons. The van der Waals surface area contributed by atoms with Crippen molar-refractivity contribution in [2.45, 2.75) is 46.1 Å². The quantitative estimate of drug-likeness (QED) is 0.419. The molecule has 0 saturated heterocycles. The number of hydrogen-bond donors (Lipinski definition) is 0. The van der Waals surface area contributed by atoms with Crippen LogP contribution in [0.4, 0.5) is 0 Å². The first kappa shape index (κ1) is 15.7. The van der Waals surface area contributed by atoms with Gasteiger partial charge in [0.25, 0.3) is 0 Å². The molecule has 0 aliphatic carbocycles. The lowest BCUT2D eigenvalue weighted by Crippen LogP contribution is -2.29. The number of carbonyl (C=O) groups excluding carboxylic acids is 1. The normalized spacial score (nSPS) is 13.0. The van der Waals surface area contributed by atoms with Crippen molar-refractivity contribution >= 4 is 5.97 Å². The van der Waals surface area contributed by atoms with Crippen molar-refractivity contribution in [3.05, 3.63) is 11.6 Å². The molecule has 0 fully saturated rings. The van der Waals surface area contributed by atoms with Crippen molar-refractivity contribution in [1.29, 1.82) is 0 Å². The van der Waals surface area contributed by atoms with E-state index in [-0.39, 0.29) is 5.97 Å². The van der Waals surface area contributed by atoms with Crippen molar-refractivity contribution in [3.63, 3.8) is 0 Å². The molecule has 3 nitrogen and oxygen atoms in total. The fraction of sp³-hybridized carbons (Fsp3) is 0.643. The Morgan fingerprint density at radius 3 is 2.47 bits per heavy atom. The number of allylic oxidation sites excluding steroid dienone is 2. The highest BCUT2D eigenvalue weighted by molar-refractivity contribution is 5.67. The van der Waals surface area contributed by atoms with Crippen LogP contribution in [-0.2, 0) is 14.3 Å². The van der Waals surface area contributed by atoms with Crippen molar-refractivity contribution in [2.75, 3.05) is 13.7 Å². The fourth-order valence-electron chi connectivity index (χ4n) is 1.39. The lowest BCUT2D eigenvalue weighted by Gasteiger charge is -2.22. The van der Waals surface area contributed by atoms with Gasteiger partial charge in [-0.25, -0.2) is 0 Å². The van der Waals surface area contributed by atoms with E-state index in [2.05, 4.69) is 17.9 Å². The van der Waals surface area contributed by atoms with E-state index in [1.54, 1.807) is 7.11 Å². The summed E-state index contributed by atoms with van der Waals surface area (Å²) in [6.45, 7) is 7.66. The van der Waals surface area contributed by atoms with Crippen LogP contribution in [0.25, 0.3) is 0 Å². The van der Waals surface area contributed by atoms with Crippen molar-refractivity contribution in [2.24, 2.45) is 0 Å². The van der Waals surface area contributed by atoms with Gasteiger partial charge in [-0.3, -0.25) is 4.79 Å². The van der Waals surface area contributed by atoms with Crippen LogP contribution in [0.15, 0.2) is 11.6 Å². The highest BCUT2D eigenvalue weighted by Gasteiger charge is 2.24. The van der Waals surface area contributed by atoms with Gasteiger partial charge < -0.3 is 9.47 Å². The van der Waals surface area contributed by atoms with Crippen LogP contribution < -0.4 is 0 Å². The van der Waals surface area contributed by atoms with Crippen LogP contribution >= 0.6 is 0 Å². The molecule has 0 heterocycles. The van der Waals surface area contributed by atoms with E-state index in [4.69, 9.17) is 9.47 Å². The average Bonchev–Trinajstić information content (AvgIpc) is 2.16. The summed E-state index contributed by atoms with van der Waals surface area (Å²) in [5, 5.41) is 0. The van der Waals surface area contributed by atoms with Gasteiger partial charge in [0.15, 0.2) is 5.60 Å². The summed E-state index contributed by atoms with van der Waals surface area (Å²) in [5.74, 6) is 5.49. The highest BCUT2D eigenvalue weighted by Crippen LogP contribution is 2.18. The SMILES string of the molecule is COCC#CC(C)(CCC=C(C)C)OC(C)=O. The molecule has 1 unspecified atom stereocenters. The molecule has 0 amide bonds. The van der Waals surface area contributed by atoms with Crippen LogP contribution in [0.1, 0.15) is 40.5 Å². The summed E-state index contributed by atoms with van der Waals surface area (Å²) in [7, 11) is 1.58. The molecule has 1 atom stereocenters. The van der Waals surface area contributed by atoms with Crippen LogP contribution in [0.2, 0.25) is 0 Å². The number of methoxy groups -OCH3 is 1. The fourth-order valence-corrected chi connectivity index (χ4v) is 1.39. The molecule has 0 bridgehead atoms. The van der Waals surface area contributed by atoms with E-state index < -0.39 is 5.60 Å². The second-order valence-electron chi connectivity index (χ2n) is 4.38. The molecule has 0 aromatic rings. The molecule has 3 heteroatoms. The molecular formula is C14H22O3. The minimum atomic E-state index is -0.726. The lowest BCUT2D eigenvalue weighted by molar-refractivity contribution is -0.150. The number of carbonyl (C=O) groups is 1. The molecule has 0 N–H and O–H groups in total. The second kappa shape index (κ2) is 7.92. The topological polar surface area (TPSA) is 35.5 Å². The summed E-state index contributed by atoms with van der Waals surface area (Å²) in [4.78, 5) is 11.1. The van der Waals surface area contributed by atoms with Crippen molar-refractivity contribution in [3.8, 4) is 11.8 Å². The smallest absolute Gasteiger partial charge is 0.304 e. The Hall–Kier alpha value is -1.27. The van der Waals surface area contributed by atoms with Crippen molar-refractivity contribution in [1.82, 2.24) is 0 Å². The zero-order valence-electron chi connectivity index (χ0n) is 11.4. The Kier molecular flexibility index (Phi) is 7.32. The second-order valence-corrected chi connectivity index (χ2v) is 4.38. The Bertz CT molecular complexity index is 329. The zero-order chi connectivity index (χ0) is 13.3. The molecule has 17 heavy (non-hydrogen) atoms. The summed E-state index contributed by atoms with van der Waals surface area (Å²) in [6, 6.07) is 0. The largest absolute Gasteiger partial charge is 0.446 e. The van der Waals surface area contributed by atoms with Gasteiger partial charge in [-0.2, -0.15) is 0 Å². The third-order valence-corrected chi connectivity index (χ3v) is 2.11. The minimum Gasteiger partial charge on any atom is -0.446 e. The molecule has 96 valence electrons. The van der Waals surface area contributed by atoms with Crippen LogP contribution in [0, 0.1) is 11.8 Å². The van der Waals surface area contributed by atoms with Gasteiger partial charge in [-0.15, -0.1) is 0 Å². The Morgan fingerprint density at radius 2 is 2.00 bits per heavy atom. The van der Waals surface area contributed by atoms with Gasteiger partial charge in [-0.05, 0) is 27.2 Å². The third-order valence-electron chi connectivity index (χ3n) is 2.11. The Morgan fingerprint density at radius 1 is 1.35 bits per heavy atom. The van der Waals surface area contributed by atoms with E-state index in [1.807, 2.05) is 20.8 Å². The predicted octanol–water partition coefficient (Wildman–Crippen LogP) is 2.70. The van der Waals surface area contributed by atoms with E-state index in [9.17, 15) is 4.79 Å². The number of rotatable bonds is 5. The first-order valence-corrected chi connectivity index (χ1v) is 5.71.